The van der Waals surface area contributed by atoms with Crippen LogP contribution in [0.2, 0.25) is 0 Å². The van der Waals surface area contributed by atoms with Gasteiger partial charge in [-0.2, -0.15) is 0 Å². The first-order valence-electron chi connectivity index (χ1n) is 8.22. The lowest BCUT2D eigenvalue weighted by molar-refractivity contribution is -0.138. The zero-order chi connectivity index (χ0) is 16.2. The second-order valence-corrected chi connectivity index (χ2v) is 5.93. The van der Waals surface area contributed by atoms with Crippen molar-refractivity contribution >= 4 is 23.2 Å². The monoisotopic (exact) mass is 317 g/mol. The van der Waals surface area contributed by atoms with Crippen molar-refractivity contribution in [2.75, 3.05) is 43.1 Å². The van der Waals surface area contributed by atoms with E-state index < -0.39 is 6.04 Å². The van der Waals surface area contributed by atoms with E-state index in [0.717, 1.165) is 44.1 Å². The number of nitrogens with one attached hydrogen (secondary N) is 1. The standard InChI is InChI=1S/C17H23N3O3/c1-2-7-20-16(21)12-15(17(20)22)18-13-3-5-14(6-4-13)19-8-10-23-11-9-19/h3-6,15,18H,2,7-12H2,1H3. The molecule has 0 aliphatic carbocycles. The molecule has 124 valence electrons. The van der Waals surface area contributed by atoms with Gasteiger partial charge in [0, 0.05) is 31.0 Å². The van der Waals surface area contributed by atoms with Gasteiger partial charge in [-0.05, 0) is 30.7 Å². The molecule has 23 heavy (non-hydrogen) atoms. The highest BCUT2D eigenvalue weighted by molar-refractivity contribution is 6.06. The first-order valence-corrected chi connectivity index (χ1v) is 8.22. The molecule has 3 rings (SSSR count). The number of anilines is 2. The van der Waals surface area contributed by atoms with Crippen LogP contribution in [0.1, 0.15) is 19.8 Å². The number of nitrogens with zero attached hydrogens (tertiary/aromatic N) is 2. The average Bonchev–Trinajstić information content (AvgIpc) is 2.84. The summed E-state index contributed by atoms with van der Waals surface area (Å²) in [5.74, 6) is -0.201. The molecule has 2 aliphatic heterocycles. The van der Waals surface area contributed by atoms with Crippen LogP contribution in [-0.2, 0) is 14.3 Å². The van der Waals surface area contributed by atoms with E-state index in [1.807, 2.05) is 31.2 Å². The van der Waals surface area contributed by atoms with Crippen LogP contribution >= 0.6 is 0 Å². The van der Waals surface area contributed by atoms with E-state index in [2.05, 4.69) is 10.2 Å². The number of imide groups is 1. The largest absolute Gasteiger partial charge is 0.378 e. The molecule has 0 radical (unpaired) electrons. The molecule has 1 aromatic carbocycles. The minimum Gasteiger partial charge on any atom is -0.378 e. The molecule has 2 saturated heterocycles. The number of carbonyl (C=O) groups excluding carboxylic acids is 2. The van der Waals surface area contributed by atoms with Crippen LogP contribution in [0.3, 0.4) is 0 Å². The van der Waals surface area contributed by atoms with E-state index in [0.29, 0.717) is 6.54 Å². The number of benzene rings is 1. The molecule has 6 heteroatoms. The fourth-order valence-corrected chi connectivity index (χ4v) is 3.05. The number of hydrogen-bond acceptors (Lipinski definition) is 5. The average molecular weight is 317 g/mol. The number of ether oxygens (including phenoxy) is 1. The molecule has 1 aromatic rings. The maximum absolute atomic E-state index is 12.2. The number of rotatable bonds is 5. The summed E-state index contributed by atoms with van der Waals surface area (Å²) in [7, 11) is 0. The molecule has 0 aromatic heterocycles. The minimum absolute atomic E-state index is 0.0840. The summed E-state index contributed by atoms with van der Waals surface area (Å²) < 4.78 is 5.36. The Morgan fingerprint density at radius 2 is 1.87 bits per heavy atom. The molecule has 2 amide bonds. The normalized spacial score (nSPS) is 21.9. The molecular weight excluding hydrogens is 294 g/mol. The Hall–Kier alpha value is -2.08. The van der Waals surface area contributed by atoms with Gasteiger partial charge in [-0.25, -0.2) is 0 Å². The van der Waals surface area contributed by atoms with Crippen LogP contribution < -0.4 is 10.2 Å². The van der Waals surface area contributed by atoms with Gasteiger partial charge in [0.25, 0.3) is 5.91 Å². The van der Waals surface area contributed by atoms with Gasteiger partial charge in [-0.1, -0.05) is 6.92 Å². The Morgan fingerprint density at radius 3 is 2.52 bits per heavy atom. The number of hydrogen-bond donors (Lipinski definition) is 1. The maximum Gasteiger partial charge on any atom is 0.252 e. The lowest BCUT2D eigenvalue weighted by Gasteiger charge is -2.29. The van der Waals surface area contributed by atoms with Crippen LogP contribution in [0.25, 0.3) is 0 Å². The molecule has 1 atom stereocenters. The molecule has 0 saturated carbocycles. The molecule has 1 unspecified atom stereocenters. The number of carbonyl (C=O) groups is 2. The van der Waals surface area contributed by atoms with E-state index in [1.54, 1.807) is 0 Å². The summed E-state index contributed by atoms with van der Waals surface area (Å²) in [6.45, 7) is 5.78. The molecule has 2 heterocycles. The van der Waals surface area contributed by atoms with Crippen LogP contribution in [0, 0.1) is 0 Å². The predicted molar refractivity (Wildman–Crippen MR) is 88.5 cm³/mol. The highest BCUT2D eigenvalue weighted by atomic mass is 16.5. The Bertz CT molecular complexity index is 567. The van der Waals surface area contributed by atoms with Crippen molar-refractivity contribution in [2.45, 2.75) is 25.8 Å². The summed E-state index contributed by atoms with van der Waals surface area (Å²) in [6, 6.07) is 7.57. The second-order valence-electron chi connectivity index (χ2n) is 5.93. The Balaban J connectivity index is 1.62. The van der Waals surface area contributed by atoms with Crippen molar-refractivity contribution in [3.63, 3.8) is 0 Å². The number of morpholine rings is 1. The number of likely N-dealkylation sites (tertiary alicyclic amines) is 1. The lowest BCUT2D eigenvalue weighted by atomic mass is 10.2. The molecular formula is C17H23N3O3. The Morgan fingerprint density at radius 1 is 1.17 bits per heavy atom. The van der Waals surface area contributed by atoms with Crippen molar-refractivity contribution in [1.29, 1.82) is 0 Å². The molecule has 2 aliphatic rings. The summed E-state index contributed by atoms with van der Waals surface area (Å²) in [5, 5.41) is 3.18. The topological polar surface area (TPSA) is 61.9 Å². The van der Waals surface area contributed by atoms with E-state index in [-0.39, 0.29) is 18.2 Å². The van der Waals surface area contributed by atoms with E-state index >= 15 is 0 Å². The fraction of sp³-hybridized carbons (Fsp3) is 0.529. The van der Waals surface area contributed by atoms with Gasteiger partial charge < -0.3 is 15.0 Å². The molecule has 2 fully saturated rings. The highest BCUT2D eigenvalue weighted by Crippen LogP contribution is 2.22. The predicted octanol–water partition coefficient (Wildman–Crippen LogP) is 1.47. The van der Waals surface area contributed by atoms with E-state index in [9.17, 15) is 9.59 Å². The van der Waals surface area contributed by atoms with Gasteiger partial charge in [-0.15, -0.1) is 0 Å². The van der Waals surface area contributed by atoms with E-state index in [4.69, 9.17) is 4.74 Å². The van der Waals surface area contributed by atoms with Crippen LogP contribution in [-0.4, -0.2) is 55.6 Å². The quantitative estimate of drug-likeness (QED) is 0.833. The van der Waals surface area contributed by atoms with Gasteiger partial charge in [0.05, 0.1) is 19.6 Å². The first-order chi connectivity index (χ1) is 11.2. The zero-order valence-electron chi connectivity index (χ0n) is 13.5. The van der Waals surface area contributed by atoms with Crippen molar-refractivity contribution in [2.24, 2.45) is 0 Å². The SMILES string of the molecule is CCCN1C(=O)CC(Nc2ccc(N3CCOCC3)cc2)C1=O. The van der Waals surface area contributed by atoms with Crippen LogP contribution in [0.4, 0.5) is 11.4 Å². The Labute approximate surface area is 136 Å². The van der Waals surface area contributed by atoms with E-state index in [1.165, 1.54) is 4.90 Å². The Kier molecular flexibility index (Phi) is 4.81. The molecule has 0 spiro atoms. The van der Waals surface area contributed by atoms with Crippen molar-refractivity contribution in [3.8, 4) is 0 Å². The third-order valence-corrected chi connectivity index (χ3v) is 4.28. The molecule has 1 N–H and O–H groups in total. The fourth-order valence-electron chi connectivity index (χ4n) is 3.05. The van der Waals surface area contributed by atoms with Crippen molar-refractivity contribution < 1.29 is 14.3 Å². The third kappa shape index (κ3) is 3.47. The lowest BCUT2D eigenvalue weighted by Crippen LogP contribution is -2.36. The van der Waals surface area contributed by atoms with Gasteiger partial charge in [0.1, 0.15) is 6.04 Å². The van der Waals surface area contributed by atoms with Gasteiger partial charge >= 0.3 is 0 Å². The van der Waals surface area contributed by atoms with Crippen molar-refractivity contribution in [1.82, 2.24) is 4.90 Å². The van der Waals surface area contributed by atoms with Crippen LogP contribution in [0.15, 0.2) is 24.3 Å². The van der Waals surface area contributed by atoms with Gasteiger partial charge in [-0.3, -0.25) is 14.5 Å². The van der Waals surface area contributed by atoms with Crippen LogP contribution in [0.5, 0.6) is 0 Å². The molecule has 0 bridgehead atoms. The smallest absolute Gasteiger partial charge is 0.252 e. The van der Waals surface area contributed by atoms with Gasteiger partial charge in [0.2, 0.25) is 5.91 Å². The summed E-state index contributed by atoms with van der Waals surface area (Å²) in [5.41, 5.74) is 2.02. The van der Waals surface area contributed by atoms with Gasteiger partial charge in [0.15, 0.2) is 0 Å². The second kappa shape index (κ2) is 7.00. The number of amides is 2. The first kappa shape index (κ1) is 15.8. The highest BCUT2D eigenvalue weighted by Gasteiger charge is 2.37. The minimum atomic E-state index is -0.441. The van der Waals surface area contributed by atoms with Crippen molar-refractivity contribution in [3.05, 3.63) is 24.3 Å². The summed E-state index contributed by atoms with van der Waals surface area (Å²) >= 11 is 0. The third-order valence-electron chi connectivity index (χ3n) is 4.28. The molecule has 6 nitrogen and oxygen atoms in total. The summed E-state index contributed by atoms with van der Waals surface area (Å²) in [4.78, 5) is 27.8. The summed E-state index contributed by atoms with van der Waals surface area (Å²) in [6.07, 6.45) is 1.03. The maximum atomic E-state index is 12.2. The zero-order valence-corrected chi connectivity index (χ0v) is 13.5.